The van der Waals surface area contributed by atoms with Gasteiger partial charge >= 0.3 is 0 Å². The molecule has 10 heavy (non-hydrogen) atoms. The zero-order valence-corrected chi connectivity index (χ0v) is 7.12. The average Bonchev–Trinajstić information content (AvgIpc) is 2.34. The number of aromatic nitrogens is 2. The molecule has 58 valence electrons. The second kappa shape index (κ2) is 5.58. The molecule has 0 atom stereocenters. The molecule has 0 bridgehead atoms. The molecule has 0 saturated heterocycles. The standard InChI is InChI=1S/C5H9N3S.ClH/c6-3-1-2-5-4-9-8-7-5;/h4H,1-3,6H2;1H. The van der Waals surface area contributed by atoms with Gasteiger partial charge in [0.25, 0.3) is 0 Å². The Bertz CT molecular complexity index is 154. The highest BCUT2D eigenvalue weighted by molar-refractivity contribution is 7.03. The maximum Gasteiger partial charge on any atom is 0.0755 e. The van der Waals surface area contributed by atoms with E-state index in [-0.39, 0.29) is 12.4 Å². The van der Waals surface area contributed by atoms with Crippen molar-refractivity contribution in [3.8, 4) is 0 Å². The van der Waals surface area contributed by atoms with Crippen molar-refractivity contribution in [1.29, 1.82) is 0 Å². The summed E-state index contributed by atoms with van der Waals surface area (Å²) in [4.78, 5) is 0. The Morgan fingerprint density at radius 2 is 2.40 bits per heavy atom. The topological polar surface area (TPSA) is 51.8 Å². The second-order valence-electron chi connectivity index (χ2n) is 1.79. The van der Waals surface area contributed by atoms with Crippen LogP contribution in [0.2, 0.25) is 0 Å². The number of aryl methyl sites for hydroxylation is 1. The number of nitrogens with zero attached hydrogens (tertiary/aromatic N) is 2. The molecule has 0 saturated carbocycles. The van der Waals surface area contributed by atoms with Crippen molar-refractivity contribution in [2.75, 3.05) is 6.54 Å². The SMILES string of the molecule is Cl.NCCCc1csnn1. The van der Waals surface area contributed by atoms with Gasteiger partial charge in [0.05, 0.1) is 5.69 Å². The molecule has 0 aliphatic rings. The summed E-state index contributed by atoms with van der Waals surface area (Å²) in [7, 11) is 0. The lowest BCUT2D eigenvalue weighted by atomic mass is 10.3. The fraction of sp³-hybridized carbons (Fsp3) is 0.600. The number of rotatable bonds is 3. The van der Waals surface area contributed by atoms with Crippen LogP contribution in [0.3, 0.4) is 0 Å². The minimum Gasteiger partial charge on any atom is -0.330 e. The molecule has 2 N–H and O–H groups in total. The Labute approximate surface area is 70.2 Å². The van der Waals surface area contributed by atoms with E-state index in [0.29, 0.717) is 0 Å². The summed E-state index contributed by atoms with van der Waals surface area (Å²) < 4.78 is 3.73. The minimum atomic E-state index is 0. The first-order valence-corrected chi connectivity index (χ1v) is 3.73. The fourth-order valence-electron chi connectivity index (χ4n) is 0.576. The van der Waals surface area contributed by atoms with E-state index in [0.717, 1.165) is 25.1 Å². The van der Waals surface area contributed by atoms with Crippen molar-refractivity contribution in [3.05, 3.63) is 11.1 Å². The lowest BCUT2D eigenvalue weighted by molar-refractivity contribution is 0.804. The van der Waals surface area contributed by atoms with E-state index in [2.05, 4.69) is 9.59 Å². The van der Waals surface area contributed by atoms with Crippen LogP contribution in [0.15, 0.2) is 5.38 Å². The molecule has 1 aromatic heterocycles. The quantitative estimate of drug-likeness (QED) is 0.749. The van der Waals surface area contributed by atoms with E-state index in [1.165, 1.54) is 11.5 Å². The van der Waals surface area contributed by atoms with E-state index in [1.807, 2.05) is 5.38 Å². The van der Waals surface area contributed by atoms with Gasteiger partial charge in [-0.25, -0.2) is 0 Å². The van der Waals surface area contributed by atoms with Crippen LogP contribution in [0.25, 0.3) is 0 Å². The smallest absolute Gasteiger partial charge is 0.0755 e. The highest BCUT2D eigenvalue weighted by atomic mass is 35.5. The molecule has 1 heterocycles. The summed E-state index contributed by atoms with van der Waals surface area (Å²) in [5.74, 6) is 0. The van der Waals surface area contributed by atoms with Crippen molar-refractivity contribution < 1.29 is 0 Å². The van der Waals surface area contributed by atoms with Crippen molar-refractivity contribution in [1.82, 2.24) is 9.59 Å². The van der Waals surface area contributed by atoms with Gasteiger partial charge in [0, 0.05) is 5.38 Å². The molecule has 0 aromatic carbocycles. The molecule has 0 aliphatic heterocycles. The van der Waals surface area contributed by atoms with Crippen molar-refractivity contribution in [2.24, 2.45) is 5.73 Å². The molecule has 1 aromatic rings. The van der Waals surface area contributed by atoms with Gasteiger partial charge in [-0.05, 0) is 30.9 Å². The summed E-state index contributed by atoms with van der Waals surface area (Å²) in [5, 5.41) is 5.82. The molecular formula is C5H10ClN3S. The molecule has 0 amide bonds. The second-order valence-corrected chi connectivity index (χ2v) is 2.40. The first kappa shape index (κ1) is 9.81. The molecule has 0 unspecified atom stereocenters. The van der Waals surface area contributed by atoms with E-state index in [9.17, 15) is 0 Å². The summed E-state index contributed by atoms with van der Waals surface area (Å²) in [6.07, 6.45) is 1.97. The lowest BCUT2D eigenvalue weighted by Gasteiger charge is -1.88. The van der Waals surface area contributed by atoms with Gasteiger partial charge in [-0.3, -0.25) is 0 Å². The number of halogens is 1. The normalized spacial score (nSPS) is 8.90. The van der Waals surface area contributed by atoms with E-state index in [4.69, 9.17) is 5.73 Å². The number of nitrogens with two attached hydrogens (primary N) is 1. The Balaban J connectivity index is 0.000000810. The summed E-state index contributed by atoms with van der Waals surface area (Å²) in [6, 6.07) is 0. The predicted molar refractivity (Wildman–Crippen MR) is 44.5 cm³/mol. The van der Waals surface area contributed by atoms with Gasteiger partial charge in [-0.1, -0.05) is 4.49 Å². The van der Waals surface area contributed by atoms with E-state index >= 15 is 0 Å². The maximum absolute atomic E-state index is 5.30. The Morgan fingerprint density at radius 1 is 1.60 bits per heavy atom. The molecule has 0 aliphatic carbocycles. The summed E-state index contributed by atoms with van der Waals surface area (Å²) in [6.45, 7) is 0.734. The van der Waals surface area contributed by atoms with Crippen LogP contribution in [0.5, 0.6) is 0 Å². The van der Waals surface area contributed by atoms with Crippen LogP contribution < -0.4 is 5.73 Å². The molecule has 1 rings (SSSR count). The van der Waals surface area contributed by atoms with Crippen LogP contribution in [0.4, 0.5) is 0 Å². The number of hydrogen-bond acceptors (Lipinski definition) is 4. The molecule has 0 fully saturated rings. The zero-order chi connectivity index (χ0) is 6.53. The van der Waals surface area contributed by atoms with Crippen LogP contribution in [-0.4, -0.2) is 16.1 Å². The monoisotopic (exact) mass is 179 g/mol. The average molecular weight is 180 g/mol. The van der Waals surface area contributed by atoms with Gasteiger partial charge in [0.2, 0.25) is 0 Å². The molecule has 0 radical (unpaired) electrons. The molecule has 3 nitrogen and oxygen atoms in total. The number of hydrogen-bond donors (Lipinski definition) is 1. The highest BCUT2D eigenvalue weighted by Gasteiger charge is 1.92. The van der Waals surface area contributed by atoms with E-state index < -0.39 is 0 Å². The van der Waals surface area contributed by atoms with Crippen LogP contribution >= 0.6 is 23.9 Å². The highest BCUT2D eigenvalue weighted by Crippen LogP contribution is 1.98. The van der Waals surface area contributed by atoms with Crippen LogP contribution in [0.1, 0.15) is 12.1 Å². The Hall–Kier alpha value is -0.190. The van der Waals surface area contributed by atoms with Gasteiger partial charge < -0.3 is 5.73 Å². The molecule has 5 heteroatoms. The van der Waals surface area contributed by atoms with Gasteiger partial charge in [0.1, 0.15) is 0 Å². The molecular weight excluding hydrogens is 170 g/mol. The largest absolute Gasteiger partial charge is 0.330 e. The van der Waals surface area contributed by atoms with Crippen LogP contribution in [-0.2, 0) is 6.42 Å². The predicted octanol–water partition coefficient (Wildman–Crippen LogP) is 0.851. The summed E-state index contributed by atoms with van der Waals surface area (Å²) >= 11 is 1.39. The van der Waals surface area contributed by atoms with Gasteiger partial charge in [-0.15, -0.1) is 17.5 Å². The maximum atomic E-state index is 5.30. The first-order chi connectivity index (χ1) is 4.43. The first-order valence-electron chi connectivity index (χ1n) is 2.89. The van der Waals surface area contributed by atoms with Crippen molar-refractivity contribution >= 4 is 23.9 Å². The third-order valence-corrected chi connectivity index (χ3v) is 1.60. The zero-order valence-electron chi connectivity index (χ0n) is 5.49. The van der Waals surface area contributed by atoms with Gasteiger partial charge in [-0.2, -0.15) is 0 Å². The fourth-order valence-corrected chi connectivity index (χ4v) is 1.06. The van der Waals surface area contributed by atoms with Gasteiger partial charge in [0.15, 0.2) is 0 Å². The third-order valence-electron chi connectivity index (χ3n) is 1.04. The van der Waals surface area contributed by atoms with Crippen LogP contribution in [0, 0.1) is 0 Å². The molecule has 0 spiro atoms. The van der Waals surface area contributed by atoms with E-state index in [1.54, 1.807) is 0 Å². The Kier molecular flexibility index (Phi) is 5.48. The third kappa shape index (κ3) is 3.10. The summed E-state index contributed by atoms with van der Waals surface area (Å²) in [5.41, 5.74) is 6.36. The lowest BCUT2D eigenvalue weighted by Crippen LogP contribution is -2.00. The van der Waals surface area contributed by atoms with Crippen molar-refractivity contribution in [2.45, 2.75) is 12.8 Å². The van der Waals surface area contributed by atoms with Crippen molar-refractivity contribution in [3.63, 3.8) is 0 Å². The minimum absolute atomic E-state index is 0. The Morgan fingerprint density at radius 3 is 2.90 bits per heavy atom.